The molecule has 6 heterocycles. The van der Waals surface area contributed by atoms with Crippen molar-refractivity contribution < 1.29 is 9.53 Å². The van der Waals surface area contributed by atoms with Crippen molar-refractivity contribution in [3.05, 3.63) is 51.7 Å². The Morgan fingerprint density at radius 3 is 2.70 bits per heavy atom. The number of ether oxygens (including phenoxy) is 1. The maximum atomic E-state index is 13.8. The molecule has 43 heavy (non-hydrogen) atoms. The molecule has 1 amide bonds. The Labute approximate surface area is 244 Å². The summed E-state index contributed by atoms with van der Waals surface area (Å²) >= 11 is 0. The molecule has 1 aliphatic heterocycles. The number of nitrogens with zero attached hydrogens (tertiary/aromatic N) is 11. The summed E-state index contributed by atoms with van der Waals surface area (Å²) in [7, 11) is 0. The van der Waals surface area contributed by atoms with Gasteiger partial charge in [-0.15, -0.1) is 10.2 Å². The van der Waals surface area contributed by atoms with Crippen LogP contribution in [0.5, 0.6) is 0 Å². The number of aryl methyl sites for hydroxylation is 1. The number of aromatic nitrogens is 10. The van der Waals surface area contributed by atoms with E-state index in [2.05, 4.69) is 40.2 Å². The van der Waals surface area contributed by atoms with E-state index in [4.69, 9.17) is 4.74 Å². The standard InChI is InChI=1S/C27H30N12O4/c1-2-7-37-24-21(25(40)39(27(37)42)18-4-5-18)31-22(32-24)17-3-6-20(28-14-17)36(9-8-35-10-12-43-13-11-35)26(41)38-16-29-23-19(38)15-30-34-33-23/h3,6,14-16,18H,2,4-5,7-13H2,1H3,(H,31,32). The van der Waals surface area contributed by atoms with Gasteiger partial charge in [-0.3, -0.25) is 23.7 Å². The molecule has 7 rings (SSSR count). The fourth-order valence-corrected chi connectivity index (χ4v) is 5.39. The third kappa shape index (κ3) is 4.97. The molecule has 0 unspecified atom stereocenters. The minimum absolute atomic E-state index is 0.0587. The van der Waals surface area contributed by atoms with Gasteiger partial charge in [0, 0.05) is 50.5 Å². The molecule has 0 radical (unpaired) electrons. The number of aromatic amines is 1. The molecule has 1 saturated heterocycles. The van der Waals surface area contributed by atoms with Crippen molar-refractivity contribution in [2.75, 3.05) is 44.3 Å². The zero-order valence-corrected chi connectivity index (χ0v) is 23.6. The number of hydrogen-bond donors (Lipinski definition) is 1. The van der Waals surface area contributed by atoms with Crippen LogP contribution in [0.3, 0.4) is 0 Å². The van der Waals surface area contributed by atoms with E-state index in [0.717, 1.165) is 32.4 Å². The number of anilines is 1. The summed E-state index contributed by atoms with van der Waals surface area (Å²) in [5.41, 5.74) is 1.31. The molecule has 0 atom stereocenters. The maximum Gasteiger partial charge on any atom is 0.335 e. The number of H-pyrrole nitrogens is 1. The fraction of sp³-hybridized carbons (Fsp3) is 0.444. The number of morpholine rings is 1. The topological polar surface area (TPSA) is 175 Å². The minimum Gasteiger partial charge on any atom is -0.379 e. The van der Waals surface area contributed by atoms with E-state index in [1.807, 2.05) is 6.92 Å². The Bertz CT molecular complexity index is 1910. The van der Waals surface area contributed by atoms with Crippen molar-refractivity contribution in [3.63, 3.8) is 0 Å². The van der Waals surface area contributed by atoms with Crippen LogP contribution in [-0.2, 0) is 11.3 Å². The van der Waals surface area contributed by atoms with Crippen LogP contribution in [-0.4, -0.2) is 99.4 Å². The van der Waals surface area contributed by atoms with Crippen LogP contribution in [0.25, 0.3) is 33.7 Å². The Hall–Kier alpha value is -4.83. The minimum atomic E-state index is -0.362. The van der Waals surface area contributed by atoms with Crippen LogP contribution in [0, 0.1) is 0 Å². The lowest BCUT2D eigenvalue weighted by molar-refractivity contribution is 0.0393. The first-order chi connectivity index (χ1) is 21.0. The number of imidazole rings is 2. The van der Waals surface area contributed by atoms with Crippen LogP contribution >= 0.6 is 0 Å². The van der Waals surface area contributed by atoms with Crippen LogP contribution in [0.2, 0.25) is 0 Å². The Morgan fingerprint density at radius 2 is 1.95 bits per heavy atom. The molecule has 5 aromatic rings. The third-order valence-electron chi connectivity index (χ3n) is 7.80. The molecule has 1 saturated carbocycles. The number of carbonyl (C=O) groups is 1. The Morgan fingerprint density at radius 1 is 1.12 bits per heavy atom. The molecule has 16 heteroatoms. The second kappa shape index (κ2) is 11.1. The lowest BCUT2D eigenvalue weighted by Gasteiger charge is -2.29. The van der Waals surface area contributed by atoms with Crippen molar-refractivity contribution >= 4 is 34.2 Å². The lowest BCUT2D eigenvalue weighted by Crippen LogP contribution is -2.44. The molecule has 16 nitrogen and oxygen atoms in total. The molecule has 1 aliphatic carbocycles. The van der Waals surface area contributed by atoms with Crippen LogP contribution in [0.15, 0.2) is 40.4 Å². The summed E-state index contributed by atoms with van der Waals surface area (Å²) in [5, 5.41) is 11.3. The van der Waals surface area contributed by atoms with Crippen molar-refractivity contribution in [3.8, 4) is 11.4 Å². The summed E-state index contributed by atoms with van der Waals surface area (Å²) in [4.78, 5) is 60.6. The van der Waals surface area contributed by atoms with Crippen molar-refractivity contribution in [2.24, 2.45) is 0 Å². The zero-order chi connectivity index (χ0) is 29.5. The van der Waals surface area contributed by atoms with E-state index in [1.165, 1.54) is 21.7 Å². The predicted molar refractivity (Wildman–Crippen MR) is 155 cm³/mol. The zero-order valence-electron chi connectivity index (χ0n) is 23.6. The largest absolute Gasteiger partial charge is 0.379 e. The normalized spacial score (nSPS) is 15.8. The second-order valence-corrected chi connectivity index (χ2v) is 10.7. The maximum absolute atomic E-state index is 13.8. The number of nitrogens with one attached hydrogen (secondary N) is 1. The van der Waals surface area contributed by atoms with Crippen LogP contribution in [0.1, 0.15) is 32.2 Å². The predicted octanol–water partition coefficient (Wildman–Crippen LogP) is 1.03. The first kappa shape index (κ1) is 27.0. The van der Waals surface area contributed by atoms with Crippen LogP contribution < -0.4 is 16.1 Å². The second-order valence-electron chi connectivity index (χ2n) is 10.7. The summed E-state index contributed by atoms with van der Waals surface area (Å²) in [5.74, 6) is 0.842. The van der Waals surface area contributed by atoms with Gasteiger partial charge in [-0.05, 0) is 36.6 Å². The molecule has 2 fully saturated rings. The van der Waals surface area contributed by atoms with E-state index in [-0.39, 0.29) is 23.3 Å². The number of carbonyl (C=O) groups excluding carboxylic acids is 1. The number of pyridine rings is 1. The molecule has 2 aliphatic rings. The molecular weight excluding hydrogens is 556 g/mol. The fourth-order valence-electron chi connectivity index (χ4n) is 5.39. The number of fused-ring (bicyclic) bond motifs is 2. The summed E-state index contributed by atoms with van der Waals surface area (Å²) in [6, 6.07) is 3.10. The van der Waals surface area contributed by atoms with Gasteiger partial charge >= 0.3 is 11.7 Å². The quantitative estimate of drug-likeness (QED) is 0.275. The molecule has 5 aromatic heterocycles. The summed E-state index contributed by atoms with van der Waals surface area (Å²) in [6.45, 7) is 6.26. The van der Waals surface area contributed by atoms with Gasteiger partial charge in [0.05, 0.1) is 19.4 Å². The Kier molecular flexibility index (Phi) is 6.98. The molecule has 0 bridgehead atoms. The van der Waals surface area contributed by atoms with E-state index in [9.17, 15) is 14.4 Å². The van der Waals surface area contributed by atoms with Gasteiger partial charge in [0.1, 0.15) is 29.0 Å². The van der Waals surface area contributed by atoms with E-state index < -0.39 is 0 Å². The number of amides is 1. The molecule has 222 valence electrons. The smallest absolute Gasteiger partial charge is 0.335 e. The first-order valence-corrected chi connectivity index (χ1v) is 14.4. The average Bonchev–Trinajstić information content (AvgIpc) is 3.61. The highest BCUT2D eigenvalue weighted by molar-refractivity contribution is 5.97. The monoisotopic (exact) mass is 586 g/mol. The van der Waals surface area contributed by atoms with Gasteiger partial charge in [0.15, 0.2) is 5.65 Å². The highest BCUT2D eigenvalue weighted by Gasteiger charge is 2.30. The first-order valence-electron chi connectivity index (χ1n) is 14.4. The number of hydrogen-bond acceptors (Lipinski definition) is 11. The SMILES string of the molecule is CCCn1c(=O)n(C2CC2)c(=O)c2[nH]c(-c3ccc(N(CCN4CCOCC4)C(=O)n4cnc5nnncc54)nc3)nc21. The van der Waals surface area contributed by atoms with Gasteiger partial charge in [-0.25, -0.2) is 29.1 Å². The van der Waals surface area contributed by atoms with E-state index >= 15 is 0 Å². The van der Waals surface area contributed by atoms with E-state index in [0.29, 0.717) is 72.4 Å². The van der Waals surface area contributed by atoms with Crippen molar-refractivity contribution in [1.29, 1.82) is 0 Å². The highest BCUT2D eigenvalue weighted by Crippen LogP contribution is 2.32. The molecular formula is C27H30N12O4. The molecule has 1 N–H and O–H groups in total. The van der Waals surface area contributed by atoms with Gasteiger partial charge in [0.25, 0.3) is 5.56 Å². The van der Waals surface area contributed by atoms with Gasteiger partial charge in [-0.2, -0.15) is 0 Å². The Balaban J connectivity index is 1.23. The summed E-state index contributed by atoms with van der Waals surface area (Å²) < 4.78 is 9.76. The average molecular weight is 587 g/mol. The van der Waals surface area contributed by atoms with Crippen molar-refractivity contribution in [2.45, 2.75) is 38.8 Å². The van der Waals surface area contributed by atoms with Gasteiger partial charge < -0.3 is 9.72 Å². The van der Waals surface area contributed by atoms with E-state index in [1.54, 1.807) is 27.8 Å². The third-order valence-corrected chi connectivity index (χ3v) is 7.80. The van der Waals surface area contributed by atoms with Gasteiger partial charge in [-0.1, -0.05) is 6.92 Å². The number of rotatable bonds is 8. The van der Waals surface area contributed by atoms with Gasteiger partial charge in [0.2, 0.25) is 5.65 Å². The van der Waals surface area contributed by atoms with Crippen LogP contribution in [0.4, 0.5) is 10.6 Å². The highest BCUT2D eigenvalue weighted by atomic mass is 16.5. The molecule has 0 spiro atoms. The van der Waals surface area contributed by atoms with Crippen molar-refractivity contribution in [1.82, 2.24) is 53.9 Å². The lowest BCUT2D eigenvalue weighted by atomic mass is 10.2. The summed E-state index contributed by atoms with van der Waals surface area (Å²) in [6.07, 6.45) is 6.80. The molecule has 0 aromatic carbocycles.